The Labute approximate surface area is 123 Å². The number of aryl methyl sites for hydroxylation is 2. The summed E-state index contributed by atoms with van der Waals surface area (Å²) in [6, 6.07) is 8.25. The number of aromatic nitrogens is 1. The Morgan fingerprint density at radius 3 is 2.60 bits per heavy atom. The molecule has 0 spiro atoms. The molecular weight excluding hydrogens is 268 g/mol. The third-order valence-corrected chi connectivity index (χ3v) is 4.46. The molecule has 0 aliphatic carbocycles. The van der Waals surface area contributed by atoms with E-state index < -0.39 is 0 Å². The third kappa shape index (κ3) is 3.14. The van der Waals surface area contributed by atoms with Crippen LogP contribution in [0.3, 0.4) is 0 Å². The first-order chi connectivity index (χ1) is 9.51. The Kier molecular flexibility index (Phi) is 4.35. The monoisotopic (exact) mass is 286 g/mol. The van der Waals surface area contributed by atoms with Crippen molar-refractivity contribution in [1.82, 2.24) is 10.3 Å². The highest BCUT2D eigenvalue weighted by molar-refractivity contribution is 7.15. The lowest BCUT2D eigenvalue weighted by Gasteiger charge is -2.10. The van der Waals surface area contributed by atoms with Crippen molar-refractivity contribution in [2.45, 2.75) is 26.8 Å². The summed E-state index contributed by atoms with van der Waals surface area (Å²) in [4.78, 5) is 17.1. The highest BCUT2D eigenvalue weighted by Gasteiger charge is 2.16. The second-order valence-electron chi connectivity index (χ2n) is 4.77. The third-order valence-electron chi connectivity index (χ3n) is 3.07. The summed E-state index contributed by atoms with van der Waals surface area (Å²) >= 11 is 1.62. The largest absolute Gasteiger partial charge is 0.345 e. The fourth-order valence-corrected chi connectivity index (χ4v) is 3.04. The Hall–Kier alpha value is -1.94. The minimum Gasteiger partial charge on any atom is -0.345 e. The Bertz CT molecular complexity index is 628. The van der Waals surface area contributed by atoms with Crippen LogP contribution < -0.4 is 5.32 Å². The van der Waals surface area contributed by atoms with Gasteiger partial charge >= 0.3 is 0 Å². The molecule has 0 saturated carbocycles. The van der Waals surface area contributed by atoms with Crippen molar-refractivity contribution in [3.05, 3.63) is 53.1 Å². The van der Waals surface area contributed by atoms with Gasteiger partial charge in [-0.3, -0.25) is 4.79 Å². The molecule has 0 radical (unpaired) electrons. The van der Waals surface area contributed by atoms with Gasteiger partial charge in [0.2, 0.25) is 5.91 Å². The van der Waals surface area contributed by atoms with E-state index in [9.17, 15) is 4.79 Å². The zero-order chi connectivity index (χ0) is 14.7. The second-order valence-corrected chi connectivity index (χ2v) is 5.80. The Balaban J connectivity index is 2.27. The fourth-order valence-electron chi connectivity index (χ4n) is 1.97. The van der Waals surface area contributed by atoms with Crippen LogP contribution in [0.4, 0.5) is 0 Å². The average molecular weight is 286 g/mol. The maximum atomic E-state index is 11.4. The van der Waals surface area contributed by atoms with Crippen LogP contribution in [0, 0.1) is 13.8 Å². The quantitative estimate of drug-likeness (QED) is 0.869. The zero-order valence-electron chi connectivity index (χ0n) is 11.9. The van der Waals surface area contributed by atoms with Crippen LogP contribution in [0.15, 0.2) is 36.9 Å². The van der Waals surface area contributed by atoms with Crippen LogP contribution in [0.25, 0.3) is 10.6 Å². The minimum absolute atomic E-state index is 0.0581. The lowest BCUT2D eigenvalue weighted by Crippen LogP contribution is -2.24. The van der Waals surface area contributed by atoms with Crippen molar-refractivity contribution in [2.75, 3.05) is 0 Å². The molecule has 0 bridgehead atoms. The number of nitrogens with zero attached hydrogens (tertiary/aromatic N) is 1. The van der Waals surface area contributed by atoms with Gasteiger partial charge in [-0.15, -0.1) is 11.3 Å². The summed E-state index contributed by atoms with van der Waals surface area (Å²) in [6.07, 6.45) is 1.29. The molecule has 4 heteroatoms. The van der Waals surface area contributed by atoms with Crippen molar-refractivity contribution in [3.8, 4) is 10.6 Å². The molecule has 1 amide bonds. The van der Waals surface area contributed by atoms with Gasteiger partial charge in [0.15, 0.2) is 0 Å². The van der Waals surface area contributed by atoms with Crippen LogP contribution in [-0.4, -0.2) is 10.9 Å². The molecule has 2 rings (SSSR count). The van der Waals surface area contributed by atoms with Crippen LogP contribution in [-0.2, 0) is 4.79 Å². The fraction of sp³-hybridized carbons (Fsp3) is 0.250. The Morgan fingerprint density at radius 2 is 2.00 bits per heavy atom. The van der Waals surface area contributed by atoms with Gasteiger partial charge in [0, 0.05) is 5.56 Å². The molecule has 1 atom stereocenters. The van der Waals surface area contributed by atoms with E-state index >= 15 is 0 Å². The molecule has 2 aromatic rings. The van der Waals surface area contributed by atoms with Crippen molar-refractivity contribution in [3.63, 3.8) is 0 Å². The number of carbonyl (C=O) groups is 1. The summed E-state index contributed by atoms with van der Waals surface area (Å²) in [5.74, 6) is -0.165. The smallest absolute Gasteiger partial charge is 0.243 e. The van der Waals surface area contributed by atoms with E-state index in [0.29, 0.717) is 0 Å². The number of carbonyl (C=O) groups excluding carboxylic acids is 1. The normalized spacial score (nSPS) is 11.9. The number of hydrogen-bond donors (Lipinski definition) is 1. The lowest BCUT2D eigenvalue weighted by atomic mass is 10.2. The van der Waals surface area contributed by atoms with E-state index in [0.717, 1.165) is 21.1 Å². The SMILES string of the molecule is C=CC(=O)NC(C)c1sc(-c2ccc(C)cc2)nc1C. The highest BCUT2D eigenvalue weighted by Crippen LogP contribution is 2.31. The molecule has 1 unspecified atom stereocenters. The molecule has 20 heavy (non-hydrogen) atoms. The van der Waals surface area contributed by atoms with Crippen LogP contribution >= 0.6 is 11.3 Å². The van der Waals surface area contributed by atoms with E-state index in [1.54, 1.807) is 11.3 Å². The molecule has 1 aromatic heterocycles. The number of nitrogens with one attached hydrogen (secondary N) is 1. The maximum Gasteiger partial charge on any atom is 0.243 e. The van der Waals surface area contributed by atoms with E-state index in [-0.39, 0.29) is 11.9 Å². The zero-order valence-corrected chi connectivity index (χ0v) is 12.8. The molecule has 0 aliphatic rings. The van der Waals surface area contributed by atoms with Gasteiger partial charge in [-0.05, 0) is 26.8 Å². The van der Waals surface area contributed by atoms with E-state index in [1.807, 2.05) is 13.8 Å². The second kappa shape index (κ2) is 6.01. The van der Waals surface area contributed by atoms with Gasteiger partial charge < -0.3 is 5.32 Å². The van der Waals surface area contributed by atoms with E-state index in [1.165, 1.54) is 11.6 Å². The molecule has 1 N–H and O–H groups in total. The maximum absolute atomic E-state index is 11.4. The first-order valence-corrected chi connectivity index (χ1v) is 7.30. The molecule has 0 fully saturated rings. The average Bonchev–Trinajstić information content (AvgIpc) is 2.81. The van der Waals surface area contributed by atoms with E-state index in [2.05, 4.69) is 48.1 Å². The van der Waals surface area contributed by atoms with Gasteiger partial charge in [0.25, 0.3) is 0 Å². The molecule has 0 saturated heterocycles. The first-order valence-electron chi connectivity index (χ1n) is 6.48. The van der Waals surface area contributed by atoms with Gasteiger partial charge in [0.05, 0.1) is 16.6 Å². The Morgan fingerprint density at radius 1 is 1.35 bits per heavy atom. The van der Waals surface area contributed by atoms with Gasteiger partial charge in [-0.25, -0.2) is 4.98 Å². The summed E-state index contributed by atoms with van der Waals surface area (Å²) in [6.45, 7) is 9.46. The van der Waals surface area contributed by atoms with Gasteiger partial charge in [0.1, 0.15) is 5.01 Å². The standard InChI is InChI=1S/C16H18N2OS/c1-5-14(19)17-11(3)15-12(4)18-16(20-15)13-8-6-10(2)7-9-13/h5-9,11H,1H2,2-4H3,(H,17,19). The number of thiazole rings is 1. The van der Waals surface area contributed by atoms with Crippen molar-refractivity contribution in [1.29, 1.82) is 0 Å². The predicted octanol–water partition coefficient (Wildman–Crippen LogP) is 3.79. The van der Waals surface area contributed by atoms with Crippen LogP contribution in [0.1, 0.15) is 29.1 Å². The lowest BCUT2D eigenvalue weighted by molar-refractivity contribution is -0.117. The van der Waals surface area contributed by atoms with Crippen molar-refractivity contribution < 1.29 is 4.79 Å². The van der Waals surface area contributed by atoms with Gasteiger partial charge in [-0.2, -0.15) is 0 Å². The summed E-state index contributed by atoms with van der Waals surface area (Å²) in [7, 11) is 0. The van der Waals surface area contributed by atoms with Crippen molar-refractivity contribution >= 4 is 17.2 Å². The minimum atomic E-state index is -0.165. The van der Waals surface area contributed by atoms with Gasteiger partial charge in [-0.1, -0.05) is 36.4 Å². The van der Waals surface area contributed by atoms with Crippen LogP contribution in [0.2, 0.25) is 0 Å². The summed E-state index contributed by atoms with van der Waals surface area (Å²) in [5, 5.41) is 3.86. The summed E-state index contributed by atoms with van der Waals surface area (Å²) in [5.41, 5.74) is 3.30. The van der Waals surface area contributed by atoms with E-state index in [4.69, 9.17) is 0 Å². The topological polar surface area (TPSA) is 42.0 Å². The predicted molar refractivity (Wildman–Crippen MR) is 83.8 cm³/mol. The van der Waals surface area contributed by atoms with Crippen molar-refractivity contribution in [2.24, 2.45) is 0 Å². The van der Waals surface area contributed by atoms with Crippen LogP contribution in [0.5, 0.6) is 0 Å². The summed E-state index contributed by atoms with van der Waals surface area (Å²) < 4.78 is 0. The molecule has 1 aromatic carbocycles. The first kappa shape index (κ1) is 14.5. The molecule has 0 aliphatic heterocycles. The highest BCUT2D eigenvalue weighted by atomic mass is 32.1. The molecule has 104 valence electrons. The number of hydrogen-bond acceptors (Lipinski definition) is 3. The molecular formula is C16H18N2OS. The molecule has 1 heterocycles. The number of rotatable bonds is 4. The molecule has 3 nitrogen and oxygen atoms in total. The number of amides is 1. The number of benzene rings is 1.